The van der Waals surface area contributed by atoms with Gasteiger partial charge in [0, 0.05) is 17.8 Å². The molecule has 0 rings (SSSR count). The summed E-state index contributed by atoms with van der Waals surface area (Å²) in [4.78, 5) is 0. The van der Waals surface area contributed by atoms with Crippen molar-refractivity contribution >= 4 is 11.8 Å². The summed E-state index contributed by atoms with van der Waals surface area (Å²) < 4.78 is 0. The molecule has 0 heterocycles. The SMILES string of the molecule is CCC(C)CSC(C)CNC(C)CC. The highest BCUT2D eigenvalue weighted by atomic mass is 32.2. The average Bonchev–Trinajstić information content (AvgIpc) is 2.22. The van der Waals surface area contributed by atoms with Crippen LogP contribution in [0.3, 0.4) is 0 Å². The monoisotopic (exact) mass is 217 g/mol. The molecular weight excluding hydrogens is 190 g/mol. The second-order valence-corrected chi connectivity index (χ2v) is 5.85. The van der Waals surface area contributed by atoms with Gasteiger partial charge in [-0.2, -0.15) is 11.8 Å². The van der Waals surface area contributed by atoms with Crippen LogP contribution in [0.2, 0.25) is 0 Å². The minimum absolute atomic E-state index is 0.668. The molecule has 0 aliphatic carbocycles. The Morgan fingerprint density at radius 1 is 1.07 bits per heavy atom. The predicted octanol–water partition coefficient (Wildman–Crippen LogP) is 3.54. The smallest absolute Gasteiger partial charge is 0.0144 e. The van der Waals surface area contributed by atoms with Crippen molar-refractivity contribution in [3.05, 3.63) is 0 Å². The molecule has 0 aromatic carbocycles. The Labute approximate surface area is 94.4 Å². The van der Waals surface area contributed by atoms with Gasteiger partial charge in [0.1, 0.15) is 0 Å². The molecule has 3 unspecified atom stereocenters. The Morgan fingerprint density at radius 3 is 2.21 bits per heavy atom. The second-order valence-electron chi connectivity index (χ2n) is 4.37. The van der Waals surface area contributed by atoms with Crippen LogP contribution < -0.4 is 5.32 Å². The van der Waals surface area contributed by atoms with E-state index >= 15 is 0 Å². The van der Waals surface area contributed by atoms with Crippen LogP contribution in [0, 0.1) is 5.92 Å². The van der Waals surface area contributed by atoms with Crippen molar-refractivity contribution in [3.63, 3.8) is 0 Å². The molecule has 0 bridgehead atoms. The van der Waals surface area contributed by atoms with Crippen molar-refractivity contribution < 1.29 is 0 Å². The van der Waals surface area contributed by atoms with Gasteiger partial charge in [-0.15, -0.1) is 0 Å². The molecule has 0 saturated carbocycles. The highest BCUT2D eigenvalue weighted by Gasteiger charge is 2.06. The van der Waals surface area contributed by atoms with E-state index in [1.54, 1.807) is 0 Å². The molecule has 1 N–H and O–H groups in total. The van der Waals surface area contributed by atoms with Gasteiger partial charge < -0.3 is 5.32 Å². The maximum atomic E-state index is 3.55. The molecule has 0 fully saturated rings. The molecule has 0 aliphatic rings. The number of nitrogens with one attached hydrogen (secondary N) is 1. The fourth-order valence-electron chi connectivity index (χ4n) is 1.02. The van der Waals surface area contributed by atoms with E-state index in [9.17, 15) is 0 Å². The molecule has 3 atom stereocenters. The van der Waals surface area contributed by atoms with E-state index in [2.05, 4.69) is 51.7 Å². The summed E-state index contributed by atoms with van der Waals surface area (Å²) >= 11 is 2.10. The van der Waals surface area contributed by atoms with Crippen LogP contribution in [0.4, 0.5) is 0 Å². The fraction of sp³-hybridized carbons (Fsp3) is 1.00. The molecule has 2 heteroatoms. The molecule has 0 aromatic rings. The molecule has 1 nitrogen and oxygen atoms in total. The Kier molecular flexibility index (Phi) is 8.80. The van der Waals surface area contributed by atoms with Gasteiger partial charge in [-0.05, 0) is 25.0 Å². The van der Waals surface area contributed by atoms with Gasteiger partial charge in [-0.25, -0.2) is 0 Å². The largest absolute Gasteiger partial charge is 0.313 e. The number of hydrogen-bond acceptors (Lipinski definition) is 2. The summed E-state index contributed by atoms with van der Waals surface area (Å²) in [5.41, 5.74) is 0. The normalized spacial score (nSPS) is 17.8. The van der Waals surface area contributed by atoms with Crippen molar-refractivity contribution in [1.29, 1.82) is 0 Å². The lowest BCUT2D eigenvalue weighted by Crippen LogP contribution is -2.31. The Balaban J connectivity index is 3.40. The molecule has 0 amide bonds. The summed E-state index contributed by atoms with van der Waals surface area (Å²) in [5, 5.41) is 4.30. The zero-order chi connectivity index (χ0) is 11.0. The second kappa shape index (κ2) is 8.60. The molecule has 0 radical (unpaired) electrons. The molecule has 0 spiro atoms. The van der Waals surface area contributed by atoms with Crippen LogP contribution in [0.5, 0.6) is 0 Å². The Bertz CT molecular complexity index is 113. The van der Waals surface area contributed by atoms with E-state index in [-0.39, 0.29) is 0 Å². The zero-order valence-corrected chi connectivity index (χ0v) is 11.3. The van der Waals surface area contributed by atoms with Crippen LogP contribution in [0.15, 0.2) is 0 Å². The lowest BCUT2D eigenvalue weighted by molar-refractivity contribution is 0.536. The van der Waals surface area contributed by atoms with Gasteiger partial charge in [0.15, 0.2) is 0 Å². The van der Waals surface area contributed by atoms with Crippen molar-refractivity contribution in [2.45, 2.75) is 58.8 Å². The highest BCUT2D eigenvalue weighted by molar-refractivity contribution is 7.99. The van der Waals surface area contributed by atoms with E-state index in [4.69, 9.17) is 0 Å². The van der Waals surface area contributed by atoms with E-state index < -0.39 is 0 Å². The van der Waals surface area contributed by atoms with Gasteiger partial charge in [0.25, 0.3) is 0 Å². The van der Waals surface area contributed by atoms with E-state index in [1.165, 1.54) is 18.6 Å². The first-order valence-electron chi connectivity index (χ1n) is 5.95. The molecule has 14 heavy (non-hydrogen) atoms. The van der Waals surface area contributed by atoms with Crippen LogP contribution in [0.1, 0.15) is 47.5 Å². The summed E-state index contributed by atoms with van der Waals surface area (Å²) in [6, 6.07) is 0.668. The zero-order valence-electron chi connectivity index (χ0n) is 10.5. The summed E-state index contributed by atoms with van der Waals surface area (Å²) in [7, 11) is 0. The van der Waals surface area contributed by atoms with E-state index in [1.807, 2.05) is 0 Å². The van der Waals surface area contributed by atoms with Gasteiger partial charge in [-0.1, -0.05) is 34.1 Å². The first-order valence-corrected chi connectivity index (χ1v) is 6.99. The van der Waals surface area contributed by atoms with Gasteiger partial charge in [0.05, 0.1) is 0 Å². The standard InChI is InChI=1S/C12H27NS/c1-6-10(3)9-14-12(5)8-13-11(4)7-2/h10-13H,6-9H2,1-5H3. The van der Waals surface area contributed by atoms with Crippen LogP contribution in [-0.4, -0.2) is 23.6 Å². The topological polar surface area (TPSA) is 12.0 Å². The van der Waals surface area contributed by atoms with Crippen molar-refractivity contribution in [3.8, 4) is 0 Å². The lowest BCUT2D eigenvalue weighted by Gasteiger charge is -2.17. The summed E-state index contributed by atoms with van der Waals surface area (Å²) in [5.74, 6) is 2.17. The maximum absolute atomic E-state index is 3.55. The average molecular weight is 217 g/mol. The van der Waals surface area contributed by atoms with Crippen molar-refractivity contribution in [2.75, 3.05) is 12.3 Å². The predicted molar refractivity (Wildman–Crippen MR) is 69.1 cm³/mol. The minimum Gasteiger partial charge on any atom is -0.313 e. The first-order chi connectivity index (χ1) is 6.60. The number of hydrogen-bond donors (Lipinski definition) is 1. The summed E-state index contributed by atoms with van der Waals surface area (Å²) in [6.45, 7) is 12.6. The molecular formula is C12H27NS. The van der Waals surface area contributed by atoms with Crippen molar-refractivity contribution in [2.24, 2.45) is 5.92 Å². The third-order valence-corrected chi connectivity index (χ3v) is 4.23. The van der Waals surface area contributed by atoms with Gasteiger partial charge in [-0.3, -0.25) is 0 Å². The number of thioether (sulfide) groups is 1. The molecule has 0 saturated heterocycles. The van der Waals surface area contributed by atoms with E-state index in [0.717, 1.165) is 17.7 Å². The third-order valence-electron chi connectivity index (χ3n) is 2.73. The lowest BCUT2D eigenvalue weighted by atomic mass is 10.2. The van der Waals surface area contributed by atoms with Crippen LogP contribution >= 0.6 is 11.8 Å². The first kappa shape index (κ1) is 14.3. The molecule has 0 aliphatic heterocycles. The maximum Gasteiger partial charge on any atom is 0.0144 e. The Morgan fingerprint density at radius 2 is 1.71 bits per heavy atom. The van der Waals surface area contributed by atoms with Gasteiger partial charge in [0.2, 0.25) is 0 Å². The summed E-state index contributed by atoms with van der Waals surface area (Å²) in [6.07, 6.45) is 2.53. The molecule has 0 aromatic heterocycles. The third kappa shape index (κ3) is 7.69. The minimum atomic E-state index is 0.668. The van der Waals surface area contributed by atoms with Crippen molar-refractivity contribution in [1.82, 2.24) is 5.32 Å². The van der Waals surface area contributed by atoms with Crippen LogP contribution in [0.25, 0.3) is 0 Å². The Hall–Kier alpha value is 0.310. The highest BCUT2D eigenvalue weighted by Crippen LogP contribution is 2.16. The van der Waals surface area contributed by atoms with E-state index in [0.29, 0.717) is 6.04 Å². The fourth-order valence-corrected chi connectivity index (χ4v) is 2.12. The quantitative estimate of drug-likeness (QED) is 0.667. The van der Waals surface area contributed by atoms with Crippen LogP contribution in [-0.2, 0) is 0 Å². The molecule has 86 valence electrons. The van der Waals surface area contributed by atoms with Gasteiger partial charge >= 0.3 is 0 Å². The number of rotatable bonds is 8.